The monoisotopic (exact) mass is 261 g/mol. The summed E-state index contributed by atoms with van der Waals surface area (Å²) >= 11 is 0. The number of fused-ring (bicyclic) bond motifs is 1. The summed E-state index contributed by atoms with van der Waals surface area (Å²) in [6.45, 7) is 7.58. The molecular weight excluding hydrogens is 238 g/mol. The average Bonchev–Trinajstić information content (AvgIpc) is 2.77. The minimum atomic E-state index is 0.780. The van der Waals surface area contributed by atoms with E-state index in [4.69, 9.17) is 9.15 Å². The van der Waals surface area contributed by atoms with Crippen LogP contribution in [0.5, 0.6) is 0 Å². The first-order valence-electron chi connectivity index (χ1n) is 7.01. The van der Waals surface area contributed by atoms with Crippen molar-refractivity contribution < 1.29 is 9.15 Å². The van der Waals surface area contributed by atoms with E-state index in [0.29, 0.717) is 0 Å². The molecule has 0 spiro atoms. The second-order valence-electron chi connectivity index (χ2n) is 4.79. The molecule has 0 aliphatic heterocycles. The molecule has 0 aliphatic rings. The van der Waals surface area contributed by atoms with Crippen LogP contribution in [0.3, 0.4) is 0 Å². The molecule has 3 heteroatoms. The molecule has 1 aromatic carbocycles. The van der Waals surface area contributed by atoms with Crippen LogP contribution in [0.15, 0.2) is 28.7 Å². The number of para-hydroxylation sites is 1. The van der Waals surface area contributed by atoms with Gasteiger partial charge in [0, 0.05) is 37.1 Å². The molecule has 0 saturated heterocycles. The van der Waals surface area contributed by atoms with Crippen LogP contribution >= 0.6 is 0 Å². The molecule has 104 valence electrons. The van der Waals surface area contributed by atoms with Gasteiger partial charge in [-0.1, -0.05) is 25.1 Å². The fraction of sp³-hybridized carbons (Fsp3) is 0.500. The van der Waals surface area contributed by atoms with Crippen LogP contribution in [0.25, 0.3) is 11.0 Å². The van der Waals surface area contributed by atoms with Gasteiger partial charge in [-0.25, -0.2) is 0 Å². The molecule has 2 rings (SSSR count). The topological polar surface area (TPSA) is 25.6 Å². The lowest BCUT2D eigenvalue weighted by atomic mass is 10.1. The molecular formula is C16H23NO2. The smallest absolute Gasteiger partial charge is 0.134 e. The van der Waals surface area contributed by atoms with Crippen LogP contribution in [0.1, 0.15) is 25.2 Å². The van der Waals surface area contributed by atoms with Crippen molar-refractivity contribution >= 4 is 11.0 Å². The summed E-state index contributed by atoms with van der Waals surface area (Å²) < 4.78 is 11.3. The van der Waals surface area contributed by atoms with Crippen molar-refractivity contribution in [3.05, 3.63) is 35.6 Å². The van der Waals surface area contributed by atoms with Gasteiger partial charge in [0.05, 0.1) is 6.61 Å². The Hall–Kier alpha value is -1.32. The molecule has 0 bridgehead atoms. The highest BCUT2D eigenvalue weighted by atomic mass is 16.5. The van der Waals surface area contributed by atoms with Crippen LogP contribution in [0.2, 0.25) is 0 Å². The Morgan fingerprint density at radius 3 is 2.74 bits per heavy atom. The van der Waals surface area contributed by atoms with Crippen molar-refractivity contribution in [2.75, 3.05) is 26.8 Å². The van der Waals surface area contributed by atoms with E-state index >= 15 is 0 Å². The van der Waals surface area contributed by atoms with E-state index in [1.165, 1.54) is 10.9 Å². The van der Waals surface area contributed by atoms with Gasteiger partial charge in [0.25, 0.3) is 0 Å². The molecule has 0 fully saturated rings. The Kier molecular flexibility index (Phi) is 5.00. The Balaban J connectivity index is 2.14. The number of benzene rings is 1. The average molecular weight is 261 g/mol. The molecule has 0 radical (unpaired) electrons. The molecule has 1 aromatic heterocycles. The van der Waals surface area contributed by atoms with E-state index in [1.54, 1.807) is 0 Å². The molecule has 19 heavy (non-hydrogen) atoms. The van der Waals surface area contributed by atoms with E-state index < -0.39 is 0 Å². The minimum absolute atomic E-state index is 0.780. The van der Waals surface area contributed by atoms with Gasteiger partial charge >= 0.3 is 0 Å². The summed E-state index contributed by atoms with van der Waals surface area (Å²) in [5, 5.41) is 1.24. The molecule has 3 nitrogen and oxygen atoms in total. The summed E-state index contributed by atoms with van der Waals surface area (Å²) in [6, 6.07) is 8.27. The van der Waals surface area contributed by atoms with Gasteiger partial charge in [-0.05, 0) is 20.0 Å². The van der Waals surface area contributed by atoms with E-state index in [1.807, 2.05) is 19.1 Å². The van der Waals surface area contributed by atoms with E-state index in [9.17, 15) is 0 Å². The molecule has 2 aromatic rings. The van der Waals surface area contributed by atoms with Gasteiger partial charge in [-0.3, -0.25) is 4.90 Å². The predicted molar refractivity (Wildman–Crippen MR) is 78.4 cm³/mol. The number of ether oxygens (including phenoxy) is 1. The zero-order chi connectivity index (χ0) is 13.7. The number of likely N-dealkylation sites (N-methyl/N-ethyl adjacent to an activating group) is 1. The molecule has 0 saturated carbocycles. The van der Waals surface area contributed by atoms with Crippen molar-refractivity contribution in [1.29, 1.82) is 0 Å². The highest BCUT2D eigenvalue weighted by Gasteiger charge is 2.13. The maximum atomic E-state index is 5.92. The fourth-order valence-corrected chi connectivity index (χ4v) is 2.32. The summed E-state index contributed by atoms with van der Waals surface area (Å²) in [5.41, 5.74) is 2.31. The second kappa shape index (κ2) is 6.73. The minimum Gasteiger partial charge on any atom is -0.461 e. The van der Waals surface area contributed by atoms with E-state index in [0.717, 1.165) is 44.1 Å². The Bertz CT molecular complexity index is 518. The van der Waals surface area contributed by atoms with Crippen LogP contribution < -0.4 is 0 Å². The first-order valence-corrected chi connectivity index (χ1v) is 7.01. The third-order valence-electron chi connectivity index (χ3n) is 3.35. The van der Waals surface area contributed by atoms with Crippen LogP contribution in [0.4, 0.5) is 0 Å². The summed E-state index contributed by atoms with van der Waals surface area (Å²) in [6.07, 6.45) is 0.934. The van der Waals surface area contributed by atoms with Gasteiger partial charge in [-0.2, -0.15) is 0 Å². The Morgan fingerprint density at radius 2 is 2.00 bits per heavy atom. The highest BCUT2D eigenvalue weighted by molar-refractivity contribution is 5.82. The van der Waals surface area contributed by atoms with Crippen LogP contribution in [-0.2, 0) is 17.7 Å². The van der Waals surface area contributed by atoms with Gasteiger partial charge in [0.15, 0.2) is 0 Å². The van der Waals surface area contributed by atoms with E-state index in [-0.39, 0.29) is 0 Å². The number of aryl methyl sites for hydroxylation is 1. The van der Waals surface area contributed by atoms with Gasteiger partial charge in [0.2, 0.25) is 0 Å². The van der Waals surface area contributed by atoms with Crippen molar-refractivity contribution in [3.63, 3.8) is 0 Å². The summed E-state index contributed by atoms with van der Waals surface area (Å²) in [7, 11) is 2.13. The van der Waals surface area contributed by atoms with E-state index in [2.05, 4.69) is 31.0 Å². The van der Waals surface area contributed by atoms with Crippen molar-refractivity contribution in [2.24, 2.45) is 0 Å². The lowest BCUT2D eigenvalue weighted by molar-refractivity contribution is 0.120. The van der Waals surface area contributed by atoms with Crippen LogP contribution in [0, 0.1) is 0 Å². The number of nitrogens with zero attached hydrogens (tertiary/aromatic N) is 1. The van der Waals surface area contributed by atoms with Gasteiger partial charge in [0.1, 0.15) is 11.3 Å². The number of rotatable bonds is 7. The number of furan rings is 1. The SMILES string of the molecule is CCOCCN(C)Cc1c(CC)oc2ccccc12. The molecule has 0 unspecified atom stereocenters. The van der Waals surface area contributed by atoms with Gasteiger partial charge in [-0.15, -0.1) is 0 Å². The number of hydrogen-bond donors (Lipinski definition) is 0. The third kappa shape index (κ3) is 3.37. The molecule has 0 N–H and O–H groups in total. The maximum Gasteiger partial charge on any atom is 0.134 e. The number of hydrogen-bond acceptors (Lipinski definition) is 3. The molecule has 1 heterocycles. The maximum absolute atomic E-state index is 5.92. The van der Waals surface area contributed by atoms with Crippen LogP contribution in [-0.4, -0.2) is 31.7 Å². The first kappa shape index (κ1) is 14.1. The molecule has 0 atom stereocenters. The second-order valence-corrected chi connectivity index (χ2v) is 4.79. The summed E-state index contributed by atoms with van der Waals surface area (Å²) in [4.78, 5) is 2.28. The Labute approximate surface area is 115 Å². The van der Waals surface area contributed by atoms with Gasteiger partial charge < -0.3 is 9.15 Å². The Morgan fingerprint density at radius 1 is 1.21 bits per heavy atom. The quantitative estimate of drug-likeness (QED) is 0.714. The highest BCUT2D eigenvalue weighted by Crippen LogP contribution is 2.27. The fourth-order valence-electron chi connectivity index (χ4n) is 2.32. The normalized spacial score (nSPS) is 11.6. The summed E-state index contributed by atoms with van der Waals surface area (Å²) in [5.74, 6) is 1.10. The molecule has 0 aliphatic carbocycles. The van der Waals surface area contributed by atoms with Crippen molar-refractivity contribution in [3.8, 4) is 0 Å². The zero-order valence-corrected chi connectivity index (χ0v) is 12.1. The van der Waals surface area contributed by atoms with Crippen molar-refractivity contribution in [1.82, 2.24) is 4.90 Å². The molecule has 0 amide bonds. The lowest BCUT2D eigenvalue weighted by Gasteiger charge is -2.16. The van der Waals surface area contributed by atoms with Crippen molar-refractivity contribution in [2.45, 2.75) is 26.8 Å². The standard InChI is InChI=1S/C16H23NO2/c1-4-15-14(12-17(3)10-11-18-5-2)13-8-6-7-9-16(13)19-15/h6-9H,4-5,10-12H2,1-3H3. The predicted octanol–water partition coefficient (Wildman–Crippen LogP) is 3.46. The third-order valence-corrected chi connectivity index (χ3v) is 3.35. The largest absolute Gasteiger partial charge is 0.461 e. The lowest BCUT2D eigenvalue weighted by Crippen LogP contribution is -2.23. The first-order chi connectivity index (χ1) is 9.26. The zero-order valence-electron chi connectivity index (χ0n) is 12.1.